The molecule has 0 aliphatic carbocycles. The number of hydrogen-bond donors (Lipinski definition) is 1. The van der Waals surface area contributed by atoms with E-state index in [9.17, 15) is 14.4 Å². The average Bonchev–Trinajstić information content (AvgIpc) is 3.03. The topological polar surface area (TPSA) is 90.3 Å². The van der Waals surface area contributed by atoms with E-state index in [1.165, 1.54) is 24.5 Å². The summed E-state index contributed by atoms with van der Waals surface area (Å²) in [7, 11) is 2.80. The van der Waals surface area contributed by atoms with E-state index in [0.717, 1.165) is 22.1 Å². The number of anilines is 1. The van der Waals surface area contributed by atoms with Crippen LogP contribution in [0.15, 0.2) is 21.0 Å². The fourth-order valence-electron chi connectivity index (χ4n) is 3.16. The Morgan fingerprint density at radius 2 is 2.04 bits per heavy atom. The standard InChI is InChI=1S/C16H20N4O3S/c1-9-10-5-7-24-12(10)4-6-20(9)8-11(21)13-14(17)18(2)16(23)19(3)15(13)22/h5,7,9H,4,6,8,17H2,1-3H3/t9-/m0/s1. The van der Waals surface area contributed by atoms with Gasteiger partial charge in [0, 0.05) is 31.6 Å². The molecule has 2 aromatic rings. The summed E-state index contributed by atoms with van der Waals surface area (Å²) in [4.78, 5) is 40.3. The monoisotopic (exact) mass is 348 g/mol. The Morgan fingerprint density at radius 3 is 2.75 bits per heavy atom. The van der Waals surface area contributed by atoms with Gasteiger partial charge >= 0.3 is 5.69 Å². The van der Waals surface area contributed by atoms with Gasteiger partial charge in [0.1, 0.15) is 11.4 Å². The van der Waals surface area contributed by atoms with E-state index in [2.05, 4.69) is 18.4 Å². The van der Waals surface area contributed by atoms with Crippen LogP contribution in [0, 0.1) is 0 Å². The molecule has 0 radical (unpaired) electrons. The van der Waals surface area contributed by atoms with E-state index in [-0.39, 0.29) is 29.8 Å². The van der Waals surface area contributed by atoms with Gasteiger partial charge in [-0.1, -0.05) is 0 Å². The van der Waals surface area contributed by atoms with Crippen molar-refractivity contribution in [2.24, 2.45) is 14.1 Å². The lowest BCUT2D eigenvalue weighted by molar-refractivity contribution is 0.0889. The third-order valence-corrected chi connectivity index (χ3v) is 5.74. The Bertz CT molecular complexity index is 924. The smallest absolute Gasteiger partial charge is 0.332 e. The molecule has 3 heterocycles. The highest BCUT2D eigenvalue weighted by atomic mass is 32.1. The van der Waals surface area contributed by atoms with Crippen molar-refractivity contribution in [1.82, 2.24) is 14.0 Å². The van der Waals surface area contributed by atoms with Crippen molar-refractivity contribution in [3.63, 3.8) is 0 Å². The number of thiophene rings is 1. The molecule has 128 valence electrons. The van der Waals surface area contributed by atoms with Crippen LogP contribution < -0.4 is 17.0 Å². The number of fused-ring (bicyclic) bond motifs is 1. The Hall–Kier alpha value is -2.19. The largest absolute Gasteiger partial charge is 0.384 e. The third kappa shape index (κ3) is 2.51. The van der Waals surface area contributed by atoms with Gasteiger partial charge in [-0.3, -0.25) is 23.6 Å². The molecular formula is C16H20N4O3S. The fraction of sp³-hybridized carbons (Fsp3) is 0.438. The molecule has 0 amide bonds. The number of nitrogen functional groups attached to an aromatic ring is 1. The predicted molar refractivity (Wildman–Crippen MR) is 93.7 cm³/mol. The highest BCUT2D eigenvalue weighted by molar-refractivity contribution is 7.10. The van der Waals surface area contributed by atoms with Crippen LogP contribution in [0.3, 0.4) is 0 Å². The van der Waals surface area contributed by atoms with Gasteiger partial charge in [0.25, 0.3) is 5.56 Å². The quantitative estimate of drug-likeness (QED) is 0.817. The minimum Gasteiger partial charge on any atom is -0.384 e. The Labute approximate surface area is 142 Å². The molecule has 2 aromatic heterocycles. The summed E-state index contributed by atoms with van der Waals surface area (Å²) in [6.45, 7) is 2.92. The van der Waals surface area contributed by atoms with Gasteiger partial charge in [0.2, 0.25) is 0 Å². The molecule has 1 aliphatic rings. The summed E-state index contributed by atoms with van der Waals surface area (Å²) < 4.78 is 2.05. The zero-order valence-electron chi connectivity index (χ0n) is 13.9. The molecule has 0 saturated carbocycles. The number of nitrogens with zero attached hydrogens (tertiary/aromatic N) is 3. The number of carbonyl (C=O) groups excluding carboxylic acids is 1. The first-order chi connectivity index (χ1) is 11.3. The van der Waals surface area contributed by atoms with Crippen LogP contribution in [0.25, 0.3) is 0 Å². The van der Waals surface area contributed by atoms with Crippen LogP contribution in [-0.4, -0.2) is 32.9 Å². The molecule has 0 unspecified atom stereocenters. The maximum absolute atomic E-state index is 12.7. The van der Waals surface area contributed by atoms with E-state index < -0.39 is 11.2 Å². The summed E-state index contributed by atoms with van der Waals surface area (Å²) in [6, 6.07) is 2.20. The molecule has 0 bridgehead atoms. The highest BCUT2D eigenvalue weighted by Gasteiger charge is 2.28. The minimum absolute atomic E-state index is 0.0750. The summed E-state index contributed by atoms with van der Waals surface area (Å²) in [5.74, 6) is -0.428. The zero-order valence-corrected chi connectivity index (χ0v) is 14.7. The van der Waals surface area contributed by atoms with Gasteiger partial charge in [-0.05, 0) is 30.4 Å². The van der Waals surface area contributed by atoms with Crippen LogP contribution in [0.5, 0.6) is 0 Å². The molecule has 1 atom stereocenters. The number of rotatable bonds is 3. The molecule has 1 aliphatic heterocycles. The number of Topliss-reactive ketones (excluding diaryl/α,β-unsaturated/α-hetero) is 1. The molecule has 7 nitrogen and oxygen atoms in total. The van der Waals surface area contributed by atoms with Crippen molar-refractivity contribution in [2.75, 3.05) is 18.8 Å². The van der Waals surface area contributed by atoms with E-state index in [1.54, 1.807) is 11.3 Å². The van der Waals surface area contributed by atoms with Gasteiger partial charge < -0.3 is 5.73 Å². The van der Waals surface area contributed by atoms with Crippen molar-refractivity contribution in [3.05, 3.63) is 48.3 Å². The summed E-state index contributed by atoms with van der Waals surface area (Å²) in [5, 5.41) is 2.06. The van der Waals surface area contributed by atoms with Crippen LogP contribution in [0.4, 0.5) is 5.82 Å². The van der Waals surface area contributed by atoms with Crippen molar-refractivity contribution in [1.29, 1.82) is 0 Å². The molecule has 0 aromatic carbocycles. The molecule has 8 heteroatoms. The van der Waals surface area contributed by atoms with Crippen molar-refractivity contribution >= 4 is 22.9 Å². The van der Waals surface area contributed by atoms with Gasteiger partial charge in [0.15, 0.2) is 5.78 Å². The maximum atomic E-state index is 12.7. The van der Waals surface area contributed by atoms with Crippen molar-refractivity contribution in [3.8, 4) is 0 Å². The molecular weight excluding hydrogens is 328 g/mol. The SMILES string of the molecule is C[C@H]1c2ccsc2CCN1CC(=O)c1c(N)n(C)c(=O)n(C)c1=O. The Morgan fingerprint density at radius 1 is 1.33 bits per heavy atom. The second kappa shape index (κ2) is 6.03. The fourth-order valence-corrected chi connectivity index (χ4v) is 4.13. The van der Waals surface area contributed by atoms with Gasteiger partial charge in [0.05, 0.1) is 6.54 Å². The predicted octanol–water partition coefficient (Wildman–Crippen LogP) is 0.530. The molecule has 3 rings (SSSR count). The average molecular weight is 348 g/mol. The van der Waals surface area contributed by atoms with Gasteiger partial charge in [-0.15, -0.1) is 11.3 Å². The van der Waals surface area contributed by atoms with E-state index >= 15 is 0 Å². The minimum atomic E-state index is -0.638. The van der Waals surface area contributed by atoms with Gasteiger partial charge in [-0.25, -0.2) is 4.79 Å². The van der Waals surface area contributed by atoms with E-state index in [4.69, 9.17) is 5.73 Å². The molecule has 0 saturated heterocycles. The Kier molecular flexibility index (Phi) is 4.18. The normalized spacial score (nSPS) is 17.7. The maximum Gasteiger partial charge on any atom is 0.332 e. The van der Waals surface area contributed by atoms with Gasteiger partial charge in [-0.2, -0.15) is 0 Å². The number of nitrogens with two attached hydrogens (primary N) is 1. The first kappa shape index (κ1) is 16.7. The van der Waals surface area contributed by atoms with Crippen molar-refractivity contribution < 1.29 is 4.79 Å². The first-order valence-electron chi connectivity index (χ1n) is 7.72. The van der Waals surface area contributed by atoms with Crippen LogP contribution in [-0.2, 0) is 20.5 Å². The number of carbonyl (C=O) groups is 1. The first-order valence-corrected chi connectivity index (χ1v) is 8.60. The molecule has 2 N–H and O–H groups in total. The summed E-state index contributed by atoms with van der Waals surface area (Å²) in [6.07, 6.45) is 0.894. The second-order valence-corrected chi connectivity index (χ2v) is 7.09. The highest BCUT2D eigenvalue weighted by Crippen LogP contribution is 2.32. The summed E-state index contributed by atoms with van der Waals surface area (Å²) >= 11 is 1.73. The second-order valence-electron chi connectivity index (χ2n) is 6.08. The number of hydrogen-bond acceptors (Lipinski definition) is 6. The molecule has 0 spiro atoms. The lowest BCUT2D eigenvalue weighted by Crippen LogP contribution is -2.44. The van der Waals surface area contributed by atoms with Crippen molar-refractivity contribution in [2.45, 2.75) is 19.4 Å². The lowest BCUT2D eigenvalue weighted by atomic mass is 10.0. The third-order valence-electron chi connectivity index (χ3n) is 4.74. The zero-order chi connectivity index (χ0) is 17.6. The number of ketones is 1. The Balaban J connectivity index is 1.92. The molecule has 0 fully saturated rings. The van der Waals surface area contributed by atoms with Crippen LogP contribution in [0.2, 0.25) is 0 Å². The lowest BCUT2D eigenvalue weighted by Gasteiger charge is -2.33. The van der Waals surface area contributed by atoms with Crippen LogP contribution in [0.1, 0.15) is 33.8 Å². The molecule has 24 heavy (non-hydrogen) atoms. The number of aromatic nitrogens is 2. The van der Waals surface area contributed by atoms with E-state index in [0.29, 0.717) is 0 Å². The van der Waals surface area contributed by atoms with E-state index in [1.807, 2.05) is 4.90 Å². The summed E-state index contributed by atoms with van der Waals surface area (Å²) in [5.41, 5.74) is 5.82. The van der Waals surface area contributed by atoms with Crippen LogP contribution >= 0.6 is 11.3 Å².